The number of amides is 1. The molecule has 1 fully saturated rings. The lowest BCUT2D eigenvalue weighted by Crippen LogP contribution is -2.62. The van der Waals surface area contributed by atoms with Gasteiger partial charge in [-0.3, -0.25) is 4.79 Å². The van der Waals surface area contributed by atoms with Gasteiger partial charge in [0.15, 0.2) is 0 Å². The van der Waals surface area contributed by atoms with Gasteiger partial charge < -0.3 is 5.32 Å². The van der Waals surface area contributed by atoms with E-state index in [2.05, 4.69) is 14.6 Å². The molecule has 19 heavy (non-hydrogen) atoms. The fraction of sp³-hybridized carbons (Fsp3) is 0.929. The Bertz CT molecular complexity index is 301. The Morgan fingerprint density at radius 1 is 1.21 bits per heavy atom. The molecule has 5 heteroatoms. The summed E-state index contributed by atoms with van der Waals surface area (Å²) < 4.78 is 0. The summed E-state index contributed by atoms with van der Waals surface area (Å²) in [7, 11) is 2.68. The molecule has 1 aliphatic heterocycles. The first-order valence-electron chi connectivity index (χ1n) is 7.16. The van der Waals surface area contributed by atoms with Gasteiger partial charge in [-0.1, -0.05) is 0 Å². The molecule has 0 aromatic rings. The highest BCUT2D eigenvalue weighted by atomic mass is 31.0. The number of nitrogens with one attached hydrogen (secondary N) is 1. The van der Waals surface area contributed by atoms with E-state index in [9.17, 15) is 10.0 Å². The van der Waals surface area contributed by atoms with Crippen molar-refractivity contribution >= 4 is 15.1 Å². The van der Waals surface area contributed by atoms with Crippen molar-refractivity contribution < 1.29 is 10.0 Å². The molecular formula is C14H28N2O2P. The first-order chi connectivity index (χ1) is 8.69. The van der Waals surface area contributed by atoms with Crippen LogP contribution in [0, 0.1) is 0 Å². The summed E-state index contributed by atoms with van der Waals surface area (Å²) in [6.45, 7) is 7.81. The zero-order valence-corrected chi connectivity index (χ0v) is 13.8. The Balaban J connectivity index is 2.53. The van der Waals surface area contributed by atoms with Crippen LogP contribution in [0.25, 0.3) is 0 Å². The highest BCUT2D eigenvalue weighted by Crippen LogP contribution is 2.36. The summed E-state index contributed by atoms with van der Waals surface area (Å²) in [6, 6.07) is 0.110. The quantitative estimate of drug-likeness (QED) is 0.624. The summed E-state index contributed by atoms with van der Waals surface area (Å²) in [5, 5.41) is 16.5. The van der Waals surface area contributed by atoms with Crippen molar-refractivity contribution in [3.8, 4) is 0 Å². The van der Waals surface area contributed by atoms with Crippen LogP contribution in [0.4, 0.5) is 0 Å². The molecule has 1 saturated heterocycles. The monoisotopic (exact) mass is 287 g/mol. The molecule has 111 valence electrons. The zero-order valence-electron chi connectivity index (χ0n) is 12.7. The normalized spacial score (nSPS) is 23.3. The highest BCUT2D eigenvalue weighted by molar-refractivity contribution is 7.16. The van der Waals surface area contributed by atoms with Crippen molar-refractivity contribution in [3.05, 3.63) is 0 Å². The number of hydroxylamine groups is 2. The van der Waals surface area contributed by atoms with Crippen molar-refractivity contribution in [2.45, 2.75) is 76.9 Å². The fourth-order valence-corrected chi connectivity index (χ4v) is 3.38. The van der Waals surface area contributed by atoms with E-state index < -0.39 is 11.1 Å². The van der Waals surface area contributed by atoms with Crippen LogP contribution in [0.3, 0.4) is 0 Å². The van der Waals surface area contributed by atoms with E-state index in [0.29, 0.717) is 6.42 Å². The van der Waals surface area contributed by atoms with Crippen LogP contribution in [-0.4, -0.2) is 34.3 Å². The Morgan fingerprint density at radius 2 is 1.74 bits per heavy atom. The summed E-state index contributed by atoms with van der Waals surface area (Å²) in [5.74, 6) is 0.120. The molecule has 1 unspecified atom stereocenters. The molecule has 1 atom stereocenters. The van der Waals surface area contributed by atoms with Crippen LogP contribution in [0.15, 0.2) is 0 Å². The van der Waals surface area contributed by atoms with Crippen LogP contribution >= 0.6 is 9.24 Å². The second-order valence-corrected chi connectivity index (χ2v) is 7.42. The van der Waals surface area contributed by atoms with Crippen LogP contribution < -0.4 is 5.32 Å². The van der Waals surface area contributed by atoms with Gasteiger partial charge in [0, 0.05) is 23.5 Å². The molecule has 1 N–H and O–H groups in total. The van der Waals surface area contributed by atoms with Gasteiger partial charge in [-0.15, -0.1) is 19.5 Å². The molecule has 1 aliphatic rings. The Morgan fingerprint density at radius 3 is 2.21 bits per heavy atom. The third-order valence-corrected chi connectivity index (χ3v) is 4.22. The van der Waals surface area contributed by atoms with Gasteiger partial charge in [0.05, 0.1) is 0 Å². The molecule has 0 aliphatic carbocycles. The molecule has 1 amide bonds. The van der Waals surface area contributed by atoms with Crippen LogP contribution in [0.1, 0.15) is 59.8 Å². The molecule has 0 aromatic heterocycles. The van der Waals surface area contributed by atoms with Gasteiger partial charge in [-0.25, -0.2) is 0 Å². The summed E-state index contributed by atoms with van der Waals surface area (Å²) in [6.07, 6.45) is 5.07. The molecule has 1 radical (unpaired) electrons. The lowest BCUT2D eigenvalue weighted by Gasteiger charge is -2.50. The Hall–Kier alpha value is -0.180. The second-order valence-electron chi connectivity index (χ2n) is 6.84. The zero-order chi connectivity index (χ0) is 14.7. The molecule has 1 rings (SSSR count). The van der Waals surface area contributed by atoms with Gasteiger partial charge in [0.25, 0.3) is 0 Å². The fourth-order valence-electron chi connectivity index (χ4n) is 3.10. The van der Waals surface area contributed by atoms with Crippen LogP contribution in [-0.2, 0) is 10.0 Å². The van der Waals surface area contributed by atoms with Crippen molar-refractivity contribution in [2.75, 3.05) is 6.16 Å². The maximum atomic E-state index is 12.2. The van der Waals surface area contributed by atoms with Crippen molar-refractivity contribution in [1.29, 1.82) is 0 Å². The predicted molar refractivity (Wildman–Crippen MR) is 80.3 cm³/mol. The van der Waals surface area contributed by atoms with Crippen molar-refractivity contribution in [2.24, 2.45) is 0 Å². The van der Waals surface area contributed by atoms with E-state index >= 15 is 0 Å². The van der Waals surface area contributed by atoms with Crippen molar-refractivity contribution in [3.63, 3.8) is 0 Å². The minimum Gasteiger partial charge on any atom is -0.353 e. The number of rotatable bonds is 5. The Kier molecular flexibility index (Phi) is 5.78. The maximum Gasteiger partial charge on any atom is 0.220 e. The average molecular weight is 287 g/mol. The van der Waals surface area contributed by atoms with Gasteiger partial charge in [-0.05, 0) is 59.5 Å². The lowest BCUT2D eigenvalue weighted by atomic mass is 9.79. The number of nitrogens with zero attached hydrogens (tertiary/aromatic N) is 1. The molecule has 0 bridgehead atoms. The van der Waals surface area contributed by atoms with E-state index in [-0.39, 0.29) is 11.9 Å². The average Bonchev–Trinajstić information content (AvgIpc) is 2.25. The second kappa shape index (κ2) is 6.51. The van der Waals surface area contributed by atoms with E-state index in [0.717, 1.165) is 31.8 Å². The number of hydrogen-bond donors (Lipinski definition) is 1. The number of unbranched alkanes of at least 4 members (excludes halogenated alkanes) is 1. The van der Waals surface area contributed by atoms with Gasteiger partial charge in [0.2, 0.25) is 5.91 Å². The van der Waals surface area contributed by atoms with Crippen LogP contribution in [0.5, 0.6) is 0 Å². The lowest BCUT2D eigenvalue weighted by molar-refractivity contribution is -0.290. The molecule has 0 saturated carbocycles. The molecule has 4 nitrogen and oxygen atoms in total. The maximum absolute atomic E-state index is 12.2. The standard InChI is InChI=1S/C14H28N2O2P/c1-13(2)9-11(10-14(3,4)16(13)18)15-12(17)7-5-6-8-19/h11H,5-10,19H2,1-4H3,(H,15,17). The molecular weight excluding hydrogens is 259 g/mol. The van der Waals surface area contributed by atoms with Crippen molar-refractivity contribution in [1.82, 2.24) is 10.4 Å². The minimum absolute atomic E-state index is 0.110. The molecule has 0 spiro atoms. The topological polar surface area (TPSA) is 52.2 Å². The first-order valence-corrected chi connectivity index (χ1v) is 7.97. The van der Waals surface area contributed by atoms with Gasteiger partial charge in [0.1, 0.15) is 0 Å². The summed E-state index contributed by atoms with van der Waals surface area (Å²) in [4.78, 5) is 11.9. The number of carbonyl (C=O) groups excluding carboxylic acids is 1. The Labute approximate surface area is 119 Å². The minimum atomic E-state index is -0.417. The summed E-state index contributed by atoms with van der Waals surface area (Å²) in [5.41, 5.74) is -0.834. The number of hydrogen-bond acceptors (Lipinski definition) is 2. The third-order valence-electron chi connectivity index (χ3n) is 3.81. The first kappa shape index (κ1) is 16.9. The molecule has 1 heterocycles. The smallest absolute Gasteiger partial charge is 0.220 e. The van der Waals surface area contributed by atoms with E-state index in [1.54, 1.807) is 0 Å². The SMILES string of the molecule is CC1(C)CC(NC(=O)CCCCP)CC(C)(C)N1[O]. The van der Waals surface area contributed by atoms with Crippen LogP contribution in [0.2, 0.25) is 0 Å². The van der Waals surface area contributed by atoms with E-state index in [4.69, 9.17) is 0 Å². The largest absolute Gasteiger partial charge is 0.353 e. The summed E-state index contributed by atoms with van der Waals surface area (Å²) >= 11 is 0. The number of carbonyl (C=O) groups is 1. The third kappa shape index (κ3) is 4.70. The predicted octanol–water partition coefficient (Wildman–Crippen LogP) is 2.52. The molecule has 0 aromatic carbocycles. The van der Waals surface area contributed by atoms with E-state index in [1.165, 1.54) is 5.06 Å². The highest BCUT2D eigenvalue weighted by Gasteiger charge is 2.46. The van der Waals surface area contributed by atoms with Gasteiger partial charge >= 0.3 is 0 Å². The van der Waals surface area contributed by atoms with E-state index in [1.807, 2.05) is 27.7 Å². The number of piperidine rings is 1. The van der Waals surface area contributed by atoms with Gasteiger partial charge in [-0.2, -0.15) is 0 Å².